The van der Waals surface area contributed by atoms with Crippen LogP contribution in [0.15, 0.2) is 12.1 Å². The SMILES string of the molecule is CSC(C)Cn1c(CCl)nc2cc(I)c(F)cc21. The Kier molecular flexibility index (Phi) is 4.77. The van der Waals surface area contributed by atoms with Gasteiger partial charge in [0.05, 0.1) is 20.5 Å². The molecule has 0 saturated heterocycles. The Bertz CT molecular complexity index is 573. The lowest BCUT2D eigenvalue weighted by molar-refractivity contribution is 0.619. The van der Waals surface area contributed by atoms with Gasteiger partial charge in [-0.05, 0) is 34.9 Å². The normalized spacial score (nSPS) is 13.2. The average molecular weight is 399 g/mol. The van der Waals surface area contributed by atoms with Crippen LogP contribution < -0.4 is 0 Å². The van der Waals surface area contributed by atoms with Crippen molar-refractivity contribution < 1.29 is 4.39 Å². The summed E-state index contributed by atoms with van der Waals surface area (Å²) in [4.78, 5) is 4.47. The standard InChI is InChI=1S/C12H13ClFIN2S/c1-7(18-2)6-17-11-3-8(14)9(15)4-10(11)16-12(17)5-13/h3-4,7H,5-6H2,1-2H3. The molecule has 0 radical (unpaired) electrons. The number of benzene rings is 1. The second-order valence-electron chi connectivity index (χ2n) is 4.07. The van der Waals surface area contributed by atoms with Crippen LogP contribution >= 0.6 is 46.0 Å². The van der Waals surface area contributed by atoms with Gasteiger partial charge < -0.3 is 4.57 Å². The van der Waals surface area contributed by atoms with E-state index in [1.54, 1.807) is 23.9 Å². The topological polar surface area (TPSA) is 17.8 Å². The number of alkyl halides is 1. The first-order chi connectivity index (χ1) is 8.56. The molecule has 98 valence electrons. The third kappa shape index (κ3) is 2.77. The van der Waals surface area contributed by atoms with Crippen LogP contribution in [0, 0.1) is 9.39 Å². The molecule has 1 atom stereocenters. The van der Waals surface area contributed by atoms with Gasteiger partial charge in [0.1, 0.15) is 11.6 Å². The first-order valence-corrected chi connectivity index (χ1v) is 8.39. The van der Waals surface area contributed by atoms with Crippen LogP contribution in [0.4, 0.5) is 4.39 Å². The molecule has 0 N–H and O–H groups in total. The highest BCUT2D eigenvalue weighted by Gasteiger charge is 2.14. The molecule has 0 bridgehead atoms. The van der Waals surface area contributed by atoms with Gasteiger partial charge in [0, 0.05) is 17.9 Å². The third-order valence-electron chi connectivity index (χ3n) is 2.83. The van der Waals surface area contributed by atoms with Gasteiger partial charge in [0.2, 0.25) is 0 Å². The second kappa shape index (κ2) is 5.96. The van der Waals surface area contributed by atoms with Crippen molar-refractivity contribution in [2.45, 2.75) is 24.6 Å². The molecule has 0 aliphatic rings. The van der Waals surface area contributed by atoms with Crippen molar-refractivity contribution in [2.75, 3.05) is 6.26 Å². The average Bonchev–Trinajstić information content (AvgIpc) is 2.67. The van der Waals surface area contributed by atoms with Gasteiger partial charge in [0.25, 0.3) is 0 Å². The summed E-state index contributed by atoms with van der Waals surface area (Å²) in [5.41, 5.74) is 1.63. The second-order valence-corrected chi connectivity index (χ2v) is 6.78. The number of imidazole rings is 1. The zero-order valence-electron chi connectivity index (χ0n) is 10.1. The van der Waals surface area contributed by atoms with Gasteiger partial charge in [-0.3, -0.25) is 0 Å². The molecule has 1 heterocycles. The number of aromatic nitrogens is 2. The van der Waals surface area contributed by atoms with Gasteiger partial charge in [-0.1, -0.05) is 6.92 Å². The van der Waals surface area contributed by atoms with E-state index >= 15 is 0 Å². The maximum Gasteiger partial charge on any atom is 0.138 e. The monoisotopic (exact) mass is 398 g/mol. The molecular weight excluding hydrogens is 386 g/mol. The first kappa shape index (κ1) is 14.4. The molecule has 18 heavy (non-hydrogen) atoms. The van der Waals surface area contributed by atoms with Crippen LogP contribution in [0.1, 0.15) is 12.7 Å². The first-order valence-electron chi connectivity index (χ1n) is 5.49. The number of halogens is 3. The predicted molar refractivity (Wildman–Crippen MR) is 84.9 cm³/mol. The number of hydrogen-bond acceptors (Lipinski definition) is 2. The predicted octanol–water partition coefficient (Wildman–Crippen LogP) is 4.27. The Labute approximate surface area is 128 Å². The van der Waals surface area contributed by atoms with E-state index in [0.29, 0.717) is 14.7 Å². The van der Waals surface area contributed by atoms with Crippen molar-refractivity contribution in [2.24, 2.45) is 0 Å². The fourth-order valence-electron chi connectivity index (χ4n) is 1.81. The number of nitrogens with zero attached hydrogens (tertiary/aromatic N) is 2. The molecule has 0 amide bonds. The summed E-state index contributed by atoms with van der Waals surface area (Å²) >= 11 is 9.67. The van der Waals surface area contributed by atoms with Crippen molar-refractivity contribution in [3.8, 4) is 0 Å². The van der Waals surface area contributed by atoms with Crippen LogP contribution in [0.3, 0.4) is 0 Å². The van der Waals surface area contributed by atoms with E-state index in [0.717, 1.165) is 23.4 Å². The summed E-state index contributed by atoms with van der Waals surface area (Å²) in [6, 6.07) is 3.31. The third-order valence-corrected chi connectivity index (χ3v) is 4.85. The lowest BCUT2D eigenvalue weighted by atomic mass is 10.3. The fraction of sp³-hybridized carbons (Fsp3) is 0.417. The molecule has 0 aliphatic carbocycles. The van der Waals surface area contributed by atoms with E-state index in [1.165, 1.54) is 0 Å². The summed E-state index contributed by atoms with van der Waals surface area (Å²) < 4.78 is 16.3. The molecule has 1 unspecified atom stereocenters. The van der Waals surface area contributed by atoms with Crippen LogP contribution in [0.5, 0.6) is 0 Å². The lowest BCUT2D eigenvalue weighted by Crippen LogP contribution is -2.11. The molecule has 0 fully saturated rings. The minimum Gasteiger partial charge on any atom is -0.326 e. The molecule has 2 rings (SSSR count). The van der Waals surface area contributed by atoms with E-state index in [1.807, 2.05) is 27.2 Å². The molecule has 2 aromatic rings. The largest absolute Gasteiger partial charge is 0.326 e. The van der Waals surface area contributed by atoms with Crippen LogP contribution in [0.2, 0.25) is 0 Å². The van der Waals surface area contributed by atoms with Gasteiger partial charge in [-0.25, -0.2) is 9.37 Å². The van der Waals surface area contributed by atoms with Crippen LogP contribution in [-0.4, -0.2) is 21.1 Å². The Morgan fingerprint density at radius 2 is 2.28 bits per heavy atom. The molecule has 1 aromatic carbocycles. The Morgan fingerprint density at radius 3 is 2.89 bits per heavy atom. The number of fused-ring (bicyclic) bond motifs is 1. The van der Waals surface area contributed by atoms with Gasteiger partial charge in [-0.15, -0.1) is 11.6 Å². The van der Waals surface area contributed by atoms with E-state index in [4.69, 9.17) is 11.6 Å². The fourth-order valence-corrected chi connectivity index (χ4v) is 2.76. The van der Waals surface area contributed by atoms with Crippen molar-refractivity contribution in [1.82, 2.24) is 9.55 Å². The van der Waals surface area contributed by atoms with Gasteiger partial charge in [-0.2, -0.15) is 11.8 Å². The number of hydrogen-bond donors (Lipinski definition) is 0. The molecule has 6 heteroatoms. The highest BCUT2D eigenvalue weighted by molar-refractivity contribution is 14.1. The Morgan fingerprint density at radius 1 is 1.56 bits per heavy atom. The Balaban J connectivity index is 2.57. The summed E-state index contributed by atoms with van der Waals surface area (Å²) in [7, 11) is 0. The molecule has 2 nitrogen and oxygen atoms in total. The van der Waals surface area contributed by atoms with Gasteiger partial charge >= 0.3 is 0 Å². The van der Waals surface area contributed by atoms with E-state index in [2.05, 4.69) is 18.2 Å². The van der Waals surface area contributed by atoms with Crippen molar-refractivity contribution >= 4 is 57.0 Å². The zero-order chi connectivity index (χ0) is 13.3. The lowest BCUT2D eigenvalue weighted by Gasteiger charge is -2.12. The molecule has 0 aliphatic heterocycles. The van der Waals surface area contributed by atoms with Gasteiger partial charge in [0.15, 0.2) is 0 Å². The highest BCUT2D eigenvalue weighted by Crippen LogP contribution is 2.24. The van der Waals surface area contributed by atoms with Crippen molar-refractivity contribution in [3.63, 3.8) is 0 Å². The number of rotatable bonds is 4. The summed E-state index contributed by atoms with van der Waals surface area (Å²) in [6.07, 6.45) is 2.06. The molecule has 1 aromatic heterocycles. The maximum absolute atomic E-state index is 13.7. The highest BCUT2D eigenvalue weighted by atomic mass is 127. The molecule has 0 spiro atoms. The number of thioether (sulfide) groups is 1. The molecular formula is C12H13ClFIN2S. The van der Waals surface area contributed by atoms with Crippen molar-refractivity contribution in [1.29, 1.82) is 0 Å². The summed E-state index contributed by atoms with van der Waals surface area (Å²) in [5, 5.41) is 0.437. The van der Waals surface area contributed by atoms with Crippen LogP contribution in [-0.2, 0) is 12.4 Å². The minimum absolute atomic E-state index is 0.206. The zero-order valence-corrected chi connectivity index (χ0v) is 13.8. The van der Waals surface area contributed by atoms with E-state index in [9.17, 15) is 4.39 Å². The quantitative estimate of drug-likeness (QED) is 0.565. The Hall–Kier alpha value is -0.0100. The van der Waals surface area contributed by atoms with E-state index in [-0.39, 0.29) is 5.82 Å². The van der Waals surface area contributed by atoms with E-state index < -0.39 is 0 Å². The molecule has 0 saturated carbocycles. The van der Waals surface area contributed by atoms with Crippen molar-refractivity contribution in [3.05, 3.63) is 27.3 Å². The summed E-state index contributed by atoms with van der Waals surface area (Å²) in [6.45, 7) is 2.93. The van der Waals surface area contributed by atoms with Crippen LogP contribution in [0.25, 0.3) is 11.0 Å². The minimum atomic E-state index is -0.206. The maximum atomic E-state index is 13.7. The summed E-state index contributed by atoms with van der Waals surface area (Å²) in [5.74, 6) is 0.935. The smallest absolute Gasteiger partial charge is 0.138 e.